The van der Waals surface area contributed by atoms with Crippen molar-refractivity contribution in [3.8, 4) is 5.75 Å². The molecule has 138 valence electrons. The van der Waals surface area contributed by atoms with E-state index in [-0.39, 0.29) is 0 Å². The second-order valence-corrected chi connectivity index (χ2v) is 7.88. The third kappa shape index (κ3) is 4.55. The molecular formula is C21H32N2O2. The van der Waals surface area contributed by atoms with E-state index in [9.17, 15) is 4.79 Å². The summed E-state index contributed by atoms with van der Waals surface area (Å²) in [6.45, 7) is 10.6. The molecule has 0 unspecified atom stereocenters. The summed E-state index contributed by atoms with van der Waals surface area (Å²) >= 11 is 0. The number of hydrogen-bond acceptors (Lipinski definition) is 3. The van der Waals surface area contributed by atoms with Gasteiger partial charge in [-0.15, -0.1) is 0 Å². The van der Waals surface area contributed by atoms with Crippen molar-refractivity contribution in [2.24, 2.45) is 11.8 Å². The lowest BCUT2D eigenvalue weighted by Crippen LogP contribution is -2.46. The molecule has 0 aromatic heterocycles. The maximum Gasteiger partial charge on any atom is 0.236 e. The number of hydrogen-bond donors (Lipinski definition) is 0. The van der Waals surface area contributed by atoms with Gasteiger partial charge in [0.15, 0.2) is 0 Å². The molecule has 1 amide bonds. The van der Waals surface area contributed by atoms with Gasteiger partial charge >= 0.3 is 0 Å². The molecule has 4 heteroatoms. The number of amides is 1. The van der Waals surface area contributed by atoms with Crippen molar-refractivity contribution in [2.45, 2.75) is 46.1 Å². The van der Waals surface area contributed by atoms with E-state index in [2.05, 4.69) is 35.8 Å². The van der Waals surface area contributed by atoms with Gasteiger partial charge in [-0.25, -0.2) is 0 Å². The first-order chi connectivity index (χ1) is 12.1. The molecule has 2 aliphatic rings. The average Bonchev–Trinajstić information content (AvgIpc) is 3.03. The Morgan fingerprint density at radius 3 is 2.48 bits per heavy atom. The number of carbonyl (C=O) groups is 1. The summed E-state index contributed by atoms with van der Waals surface area (Å²) < 4.78 is 5.54. The Bertz CT molecular complexity index is 562. The molecule has 2 saturated heterocycles. The molecule has 3 atom stereocenters. The van der Waals surface area contributed by atoms with Gasteiger partial charge in [-0.2, -0.15) is 0 Å². The Kier molecular flexibility index (Phi) is 6.00. The van der Waals surface area contributed by atoms with Crippen LogP contribution in [-0.4, -0.2) is 48.5 Å². The van der Waals surface area contributed by atoms with Crippen molar-refractivity contribution in [1.82, 2.24) is 9.80 Å². The molecular weight excluding hydrogens is 312 g/mol. The lowest BCUT2D eigenvalue weighted by molar-refractivity contribution is -0.135. The normalized spacial score (nSPS) is 27.5. The molecule has 2 heterocycles. The quantitative estimate of drug-likeness (QED) is 0.816. The zero-order valence-corrected chi connectivity index (χ0v) is 15.9. The van der Waals surface area contributed by atoms with E-state index in [1.807, 2.05) is 19.1 Å². The van der Waals surface area contributed by atoms with E-state index in [0.29, 0.717) is 36.9 Å². The van der Waals surface area contributed by atoms with Crippen molar-refractivity contribution in [2.75, 3.05) is 32.8 Å². The minimum absolute atomic E-state index is 0.302. The first-order valence-corrected chi connectivity index (χ1v) is 9.81. The van der Waals surface area contributed by atoms with E-state index in [1.54, 1.807) is 0 Å². The number of rotatable bonds is 5. The monoisotopic (exact) mass is 344 g/mol. The van der Waals surface area contributed by atoms with Crippen LogP contribution < -0.4 is 4.74 Å². The van der Waals surface area contributed by atoms with E-state index >= 15 is 0 Å². The van der Waals surface area contributed by atoms with E-state index in [4.69, 9.17) is 4.74 Å². The predicted octanol–water partition coefficient (Wildman–Crippen LogP) is 3.73. The summed E-state index contributed by atoms with van der Waals surface area (Å²) in [6, 6.07) is 8.77. The molecule has 4 nitrogen and oxygen atoms in total. The Morgan fingerprint density at radius 2 is 1.84 bits per heavy atom. The maximum absolute atomic E-state index is 12.8. The van der Waals surface area contributed by atoms with Gasteiger partial charge in [-0.3, -0.25) is 9.69 Å². The van der Waals surface area contributed by atoms with Gasteiger partial charge < -0.3 is 9.64 Å². The third-order valence-electron chi connectivity index (χ3n) is 5.50. The largest absolute Gasteiger partial charge is 0.494 e. The SMILES string of the molecule is CCOc1ccc([C@@H]2CCCN2CC(=O)N2C[C@H](C)C[C@@H](C)C2)cc1. The smallest absolute Gasteiger partial charge is 0.236 e. The highest BCUT2D eigenvalue weighted by molar-refractivity contribution is 5.78. The molecule has 0 radical (unpaired) electrons. The van der Waals surface area contributed by atoms with Crippen LogP contribution in [0.3, 0.4) is 0 Å². The Morgan fingerprint density at radius 1 is 1.16 bits per heavy atom. The number of likely N-dealkylation sites (tertiary alicyclic amines) is 2. The second kappa shape index (κ2) is 8.22. The Labute approximate surface area is 152 Å². The van der Waals surface area contributed by atoms with Crippen LogP contribution in [0.15, 0.2) is 24.3 Å². The fourth-order valence-corrected chi connectivity index (χ4v) is 4.49. The van der Waals surface area contributed by atoms with Crippen LogP contribution in [0.1, 0.15) is 51.6 Å². The number of benzene rings is 1. The first kappa shape index (κ1) is 18.2. The van der Waals surface area contributed by atoms with Gasteiger partial charge in [0.25, 0.3) is 0 Å². The number of carbonyl (C=O) groups excluding carboxylic acids is 1. The molecule has 0 spiro atoms. The molecule has 0 bridgehead atoms. The Balaban J connectivity index is 1.62. The summed E-state index contributed by atoms with van der Waals surface area (Å²) in [7, 11) is 0. The van der Waals surface area contributed by atoms with Gasteiger partial charge in [-0.1, -0.05) is 26.0 Å². The lowest BCUT2D eigenvalue weighted by atomic mass is 9.92. The molecule has 25 heavy (non-hydrogen) atoms. The van der Waals surface area contributed by atoms with Crippen LogP contribution in [-0.2, 0) is 4.79 Å². The molecule has 3 rings (SSSR count). The van der Waals surface area contributed by atoms with Crippen molar-refractivity contribution in [3.05, 3.63) is 29.8 Å². The zero-order valence-electron chi connectivity index (χ0n) is 15.9. The highest BCUT2D eigenvalue weighted by Crippen LogP contribution is 2.33. The van der Waals surface area contributed by atoms with Crippen LogP contribution in [0.5, 0.6) is 5.75 Å². The highest BCUT2D eigenvalue weighted by atomic mass is 16.5. The number of ether oxygens (including phenoxy) is 1. The van der Waals surface area contributed by atoms with E-state index in [0.717, 1.165) is 38.2 Å². The van der Waals surface area contributed by atoms with Crippen molar-refractivity contribution < 1.29 is 9.53 Å². The molecule has 0 aliphatic carbocycles. The molecule has 0 N–H and O–H groups in total. The molecule has 0 saturated carbocycles. The first-order valence-electron chi connectivity index (χ1n) is 9.81. The van der Waals surface area contributed by atoms with Crippen LogP contribution in [0, 0.1) is 11.8 Å². The standard InChI is InChI=1S/C21H32N2O2/c1-4-25-19-9-7-18(8-10-19)20-6-5-11-22(20)15-21(24)23-13-16(2)12-17(3)14-23/h7-10,16-17,20H,4-6,11-15H2,1-3H3/t16-,17-,20+/m1/s1. The van der Waals surface area contributed by atoms with Gasteiger partial charge in [0.05, 0.1) is 13.2 Å². The van der Waals surface area contributed by atoms with Crippen molar-refractivity contribution in [1.29, 1.82) is 0 Å². The Hall–Kier alpha value is -1.55. The fourth-order valence-electron chi connectivity index (χ4n) is 4.49. The summed E-state index contributed by atoms with van der Waals surface area (Å²) in [5.74, 6) is 2.46. The van der Waals surface area contributed by atoms with Gasteiger partial charge in [-0.05, 0) is 62.3 Å². The minimum Gasteiger partial charge on any atom is -0.494 e. The van der Waals surface area contributed by atoms with Crippen LogP contribution >= 0.6 is 0 Å². The van der Waals surface area contributed by atoms with Crippen molar-refractivity contribution >= 4 is 5.91 Å². The van der Waals surface area contributed by atoms with Gasteiger partial charge in [0.2, 0.25) is 5.91 Å². The fraction of sp³-hybridized carbons (Fsp3) is 0.667. The van der Waals surface area contributed by atoms with Crippen molar-refractivity contribution in [3.63, 3.8) is 0 Å². The van der Waals surface area contributed by atoms with Gasteiger partial charge in [0.1, 0.15) is 5.75 Å². The second-order valence-electron chi connectivity index (χ2n) is 7.88. The summed E-state index contributed by atoms with van der Waals surface area (Å²) in [5, 5.41) is 0. The molecule has 1 aromatic carbocycles. The van der Waals surface area contributed by atoms with E-state index < -0.39 is 0 Å². The summed E-state index contributed by atoms with van der Waals surface area (Å²) in [4.78, 5) is 17.3. The number of piperidine rings is 1. The summed E-state index contributed by atoms with van der Waals surface area (Å²) in [6.07, 6.45) is 3.54. The lowest BCUT2D eigenvalue weighted by Gasteiger charge is -2.36. The van der Waals surface area contributed by atoms with Crippen LogP contribution in [0.25, 0.3) is 0 Å². The number of nitrogens with zero attached hydrogens (tertiary/aromatic N) is 2. The topological polar surface area (TPSA) is 32.8 Å². The maximum atomic E-state index is 12.8. The van der Waals surface area contributed by atoms with Crippen LogP contribution in [0.2, 0.25) is 0 Å². The van der Waals surface area contributed by atoms with E-state index in [1.165, 1.54) is 12.0 Å². The zero-order chi connectivity index (χ0) is 17.8. The molecule has 2 aliphatic heterocycles. The minimum atomic E-state index is 0.302. The highest BCUT2D eigenvalue weighted by Gasteiger charge is 2.31. The molecule has 1 aromatic rings. The van der Waals surface area contributed by atoms with Crippen LogP contribution in [0.4, 0.5) is 0 Å². The van der Waals surface area contributed by atoms with Gasteiger partial charge in [0, 0.05) is 19.1 Å². The predicted molar refractivity (Wildman–Crippen MR) is 101 cm³/mol. The average molecular weight is 344 g/mol. The molecule has 2 fully saturated rings. The third-order valence-corrected chi connectivity index (χ3v) is 5.50. The summed E-state index contributed by atoms with van der Waals surface area (Å²) in [5.41, 5.74) is 1.30.